The van der Waals surface area contributed by atoms with Gasteiger partial charge in [-0.3, -0.25) is 0 Å². The number of anilines is 1. The van der Waals surface area contributed by atoms with E-state index in [0.29, 0.717) is 27.9 Å². The van der Waals surface area contributed by atoms with Crippen molar-refractivity contribution >= 4 is 28.7 Å². The summed E-state index contributed by atoms with van der Waals surface area (Å²) < 4.78 is 0. The van der Waals surface area contributed by atoms with Gasteiger partial charge in [0.05, 0.1) is 12.7 Å². The average molecular weight is 241 g/mol. The molecule has 16 heavy (non-hydrogen) atoms. The maximum absolute atomic E-state index is 9.18. The van der Waals surface area contributed by atoms with Crippen molar-refractivity contribution in [1.82, 2.24) is 19.9 Å². The Balaban J connectivity index is 2.17. The number of nitrogen functional groups attached to an aromatic ring is 1. The lowest BCUT2D eigenvalue weighted by Gasteiger charge is -2.03. The van der Waals surface area contributed by atoms with E-state index < -0.39 is 6.10 Å². The van der Waals surface area contributed by atoms with Crippen LogP contribution in [-0.4, -0.2) is 48.6 Å². The Morgan fingerprint density at radius 1 is 1.50 bits per heavy atom. The Bertz CT molecular complexity index is 488. The van der Waals surface area contributed by atoms with Gasteiger partial charge in [-0.05, 0) is 0 Å². The number of nitrogens with two attached hydrogens (primary N) is 1. The van der Waals surface area contributed by atoms with Crippen LogP contribution in [0.4, 0.5) is 5.82 Å². The molecule has 0 aromatic carbocycles. The van der Waals surface area contributed by atoms with Crippen LogP contribution in [0, 0.1) is 0 Å². The lowest BCUT2D eigenvalue weighted by Crippen LogP contribution is -2.14. The number of nitrogens with one attached hydrogen (secondary N) is 1. The van der Waals surface area contributed by atoms with Gasteiger partial charge in [-0.1, -0.05) is 11.8 Å². The molecule has 8 heteroatoms. The minimum absolute atomic E-state index is 0.269. The van der Waals surface area contributed by atoms with Crippen LogP contribution in [0.25, 0.3) is 11.2 Å². The number of hydrogen-bond acceptors (Lipinski definition) is 7. The second-order valence-corrected chi connectivity index (χ2v) is 4.16. The van der Waals surface area contributed by atoms with Crippen LogP contribution in [0.3, 0.4) is 0 Å². The van der Waals surface area contributed by atoms with Crippen molar-refractivity contribution in [3.05, 3.63) is 6.33 Å². The molecule has 0 radical (unpaired) electrons. The number of aromatic nitrogens is 4. The Morgan fingerprint density at radius 2 is 2.31 bits per heavy atom. The van der Waals surface area contributed by atoms with Gasteiger partial charge in [0.15, 0.2) is 16.6 Å². The molecule has 86 valence electrons. The van der Waals surface area contributed by atoms with Crippen molar-refractivity contribution < 1.29 is 10.2 Å². The first-order valence-corrected chi connectivity index (χ1v) is 5.57. The molecule has 2 aromatic heterocycles. The minimum Gasteiger partial charge on any atom is -0.394 e. The summed E-state index contributed by atoms with van der Waals surface area (Å²) >= 11 is 1.29. The van der Waals surface area contributed by atoms with E-state index in [0.717, 1.165) is 0 Å². The lowest BCUT2D eigenvalue weighted by molar-refractivity contribution is 0.113. The van der Waals surface area contributed by atoms with Crippen LogP contribution in [0.15, 0.2) is 11.5 Å². The van der Waals surface area contributed by atoms with Crippen molar-refractivity contribution in [3.8, 4) is 0 Å². The first kappa shape index (κ1) is 11.1. The molecule has 0 fully saturated rings. The number of rotatable bonds is 4. The second kappa shape index (κ2) is 4.64. The summed E-state index contributed by atoms with van der Waals surface area (Å²) in [5.41, 5.74) is 6.71. The third kappa shape index (κ3) is 2.23. The molecule has 0 unspecified atom stereocenters. The van der Waals surface area contributed by atoms with Gasteiger partial charge in [0, 0.05) is 5.75 Å². The number of aromatic amines is 1. The van der Waals surface area contributed by atoms with Crippen LogP contribution < -0.4 is 5.73 Å². The smallest absolute Gasteiger partial charge is 0.183 e. The molecular weight excluding hydrogens is 230 g/mol. The van der Waals surface area contributed by atoms with Gasteiger partial charge in [0.1, 0.15) is 11.8 Å². The quantitative estimate of drug-likeness (QED) is 0.526. The molecule has 0 aliphatic carbocycles. The Morgan fingerprint density at radius 3 is 3.00 bits per heavy atom. The molecule has 0 bridgehead atoms. The monoisotopic (exact) mass is 241 g/mol. The van der Waals surface area contributed by atoms with Gasteiger partial charge in [0.25, 0.3) is 0 Å². The zero-order chi connectivity index (χ0) is 11.5. The van der Waals surface area contributed by atoms with Crippen LogP contribution in [-0.2, 0) is 0 Å². The van der Waals surface area contributed by atoms with Gasteiger partial charge in [0.2, 0.25) is 0 Å². The van der Waals surface area contributed by atoms with E-state index in [-0.39, 0.29) is 6.61 Å². The van der Waals surface area contributed by atoms with Crippen molar-refractivity contribution in [2.45, 2.75) is 11.3 Å². The van der Waals surface area contributed by atoms with Gasteiger partial charge < -0.3 is 20.9 Å². The summed E-state index contributed by atoms with van der Waals surface area (Å²) in [5.74, 6) is 0.691. The number of aliphatic hydroxyl groups is 2. The largest absolute Gasteiger partial charge is 0.394 e. The topological polar surface area (TPSA) is 121 Å². The maximum Gasteiger partial charge on any atom is 0.183 e. The molecule has 2 heterocycles. The molecule has 0 spiro atoms. The van der Waals surface area contributed by atoms with Crippen molar-refractivity contribution in [1.29, 1.82) is 0 Å². The minimum atomic E-state index is -0.762. The first-order valence-electron chi connectivity index (χ1n) is 4.58. The molecule has 0 saturated heterocycles. The average Bonchev–Trinajstić information content (AvgIpc) is 2.70. The summed E-state index contributed by atoms with van der Waals surface area (Å²) in [6, 6.07) is 0. The number of hydrogen-bond donors (Lipinski definition) is 4. The molecule has 0 saturated carbocycles. The van der Waals surface area contributed by atoms with Crippen molar-refractivity contribution in [2.24, 2.45) is 0 Å². The molecular formula is C8H11N5O2S. The fraction of sp³-hybridized carbons (Fsp3) is 0.375. The summed E-state index contributed by atoms with van der Waals surface area (Å²) in [6.45, 7) is -0.269. The van der Waals surface area contributed by atoms with E-state index in [9.17, 15) is 5.11 Å². The SMILES string of the molecule is Nc1ncnc2nc(SC[C@@H](O)CO)[nH]c12. The molecule has 0 amide bonds. The molecule has 5 N–H and O–H groups in total. The highest BCUT2D eigenvalue weighted by atomic mass is 32.2. The fourth-order valence-corrected chi connectivity index (χ4v) is 1.90. The number of aliphatic hydroxyl groups excluding tert-OH is 2. The highest BCUT2D eigenvalue weighted by molar-refractivity contribution is 7.99. The zero-order valence-electron chi connectivity index (χ0n) is 8.29. The second-order valence-electron chi connectivity index (χ2n) is 3.15. The van der Waals surface area contributed by atoms with Crippen LogP contribution in [0.5, 0.6) is 0 Å². The van der Waals surface area contributed by atoms with E-state index in [1.807, 2.05) is 0 Å². The number of fused-ring (bicyclic) bond motifs is 1. The molecule has 1 atom stereocenters. The van der Waals surface area contributed by atoms with Crippen molar-refractivity contribution in [3.63, 3.8) is 0 Å². The summed E-state index contributed by atoms with van der Waals surface area (Å²) in [5, 5.41) is 18.4. The Kier molecular flexibility index (Phi) is 3.22. The maximum atomic E-state index is 9.18. The van der Waals surface area contributed by atoms with Gasteiger partial charge >= 0.3 is 0 Å². The summed E-state index contributed by atoms with van der Waals surface area (Å²) in [7, 11) is 0. The zero-order valence-corrected chi connectivity index (χ0v) is 9.11. The lowest BCUT2D eigenvalue weighted by atomic mass is 10.4. The third-order valence-corrected chi connectivity index (χ3v) is 2.94. The van der Waals surface area contributed by atoms with Crippen LogP contribution >= 0.6 is 11.8 Å². The summed E-state index contributed by atoms with van der Waals surface area (Å²) in [6.07, 6.45) is 0.580. The summed E-state index contributed by atoms with van der Waals surface area (Å²) in [4.78, 5) is 14.9. The number of imidazole rings is 1. The fourth-order valence-electron chi connectivity index (χ4n) is 1.12. The highest BCUT2D eigenvalue weighted by Gasteiger charge is 2.09. The molecule has 2 rings (SSSR count). The third-order valence-electron chi connectivity index (χ3n) is 1.92. The molecule has 2 aromatic rings. The van der Waals surface area contributed by atoms with Crippen molar-refractivity contribution in [2.75, 3.05) is 18.1 Å². The standard InChI is InChI=1S/C8H11N5O2S/c9-6-5-7(11-3-10-6)13-8(12-5)16-2-4(15)1-14/h3-4,14-15H,1-2H2,(H3,9,10,11,12,13)/t4-/m0/s1. The Labute approximate surface area is 95.1 Å². The predicted molar refractivity (Wildman–Crippen MR) is 59.9 cm³/mol. The van der Waals surface area contributed by atoms with E-state index >= 15 is 0 Å². The van der Waals surface area contributed by atoms with Gasteiger partial charge in [-0.2, -0.15) is 0 Å². The van der Waals surface area contributed by atoms with E-state index in [4.69, 9.17) is 10.8 Å². The first-order chi connectivity index (χ1) is 7.70. The van der Waals surface area contributed by atoms with Gasteiger partial charge in [-0.15, -0.1) is 0 Å². The molecule has 7 nitrogen and oxygen atoms in total. The van der Waals surface area contributed by atoms with Crippen LogP contribution in [0.2, 0.25) is 0 Å². The van der Waals surface area contributed by atoms with Gasteiger partial charge in [-0.25, -0.2) is 15.0 Å². The predicted octanol–water partition coefficient (Wildman–Crippen LogP) is -0.620. The van der Waals surface area contributed by atoms with E-state index in [1.165, 1.54) is 18.1 Å². The molecule has 0 aliphatic heterocycles. The number of thioether (sulfide) groups is 1. The Hall–Kier alpha value is -1.38. The van der Waals surface area contributed by atoms with Crippen LogP contribution in [0.1, 0.15) is 0 Å². The van der Waals surface area contributed by atoms with E-state index in [1.54, 1.807) is 0 Å². The van der Waals surface area contributed by atoms with E-state index in [2.05, 4.69) is 19.9 Å². The number of H-pyrrole nitrogens is 1. The number of nitrogens with zero attached hydrogens (tertiary/aromatic N) is 3. The highest BCUT2D eigenvalue weighted by Crippen LogP contribution is 2.20. The molecule has 0 aliphatic rings. The normalized spacial score (nSPS) is 13.1.